The Bertz CT molecular complexity index is 367. The molecule has 0 saturated carbocycles. The lowest BCUT2D eigenvalue weighted by Gasteiger charge is -1.92. The predicted molar refractivity (Wildman–Crippen MR) is 40.5 cm³/mol. The largest absolute Gasteiger partial charge is 0.278 e. The fourth-order valence-electron chi connectivity index (χ4n) is 1.07. The van der Waals surface area contributed by atoms with Crippen LogP contribution in [0, 0.1) is 0 Å². The van der Waals surface area contributed by atoms with Gasteiger partial charge >= 0.3 is 0 Å². The molecule has 0 saturated heterocycles. The molecule has 2 aromatic rings. The first kappa shape index (κ1) is 6.37. The number of hydrogen-bond acceptors (Lipinski definition) is 1. The van der Waals surface area contributed by atoms with Gasteiger partial charge in [0.15, 0.2) is 0 Å². The minimum Gasteiger partial charge on any atom is -0.278 e. The lowest BCUT2D eigenvalue weighted by atomic mass is 10.2. The third kappa shape index (κ3) is 0.991. The number of fused-ring (bicyclic) bond motifs is 1. The summed E-state index contributed by atoms with van der Waals surface area (Å²) in [6.07, 6.45) is 1.74. The number of rotatable bonds is 1. The third-order valence-corrected chi connectivity index (χ3v) is 1.67. The van der Waals surface area contributed by atoms with E-state index in [4.69, 9.17) is 0 Å². The van der Waals surface area contributed by atoms with Crippen LogP contribution in [0.2, 0.25) is 0 Å². The van der Waals surface area contributed by atoms with E-state index < -0.39 is 0 Å². The van der Waals surface area contributed by atoms with E-state index in [1.807, 2.05) is 18.2 Å². The number of benzene rings is 1. The fraction of sp³-hybridized carbons (Fsp3) is 0.125. The molecule has 0 unspecified atom stereocenters. The number of nitrogens with zero attached hydrogens (tertiary/aromatic N) is 1. The smallest absolute Gasteiger partial charge is 0.107 e. The second kappa shape index (κ2) is 2.36. The summed E-state index contributed by atoms with van der Waals surface area (Å²) in [6, 6.07) is 5.55. The van der Waals surface area contributed by atoms with Gasteiger partial charge < -0.3 is 0 Å². The molecule has 2 rings (SSSR count). The highest BCUT2D eigenvalue weighted by Gasteiger charge is 1.95. The van der Waals surface area contributed by atoms with Gasteiger partial charge in [-0.25, -0.2) is 5.11 Å². The van der Waals surface area contributed by atoms with E-state index in [-0.39, 0.29) is 6.61 Å². The normalized spacial score (nSPS) is 10.6. The van der Waals surface area contributed by atoms with Crippen molar-refractivity contribution in [1.82, 2.24) is 10.2 Å². The highest BCUT2D eigenvalue weighted by atomic mass is 16.3. The van der Waals surface area contributed by atoms with Gasteiger partial charge in [0.25, 0.3) is 0 Å². The lowest BCUT2D eigenvalue weighted by molar-refractivity contribution is 0.177. The number of aromatic nitrogens is 2. The summed E-state index contributed by atoms with van der Waals surface area (Å²) in [4.78, 5) is 0. The van der Waals surface area contributed by atoms with Gasteiger partial charge in [-0.2, -0.15) is 5.10 Å². The van der Waals surface area contributed by atoms with Crippen molar-refractivity contribution >= 4 is 10.9 Å². The Balaban J connectivity index is 2.67. The van der Waals surface area contributed by atoms with Gasteiger partial charge in [0.05, 0.1) is 11.7 Å². The van der Waals surface area contributed by atoms with Gasteiger partial charge in [0.1, 0.15) is 6.61 Å². The van der Waals surface area contributed by atoms with Crippen LogP contribution in [-0.2, 0) is 11.7 Å². The van der Waals surface area contributed by atoms with Crippen molar-refractivity contribution < 1.29 is 5.11 Å². The van der Waals surface area contributed by atoms with Crippen LogP contribution in [-0.4, -0.2) is 10.2 Å². The molecule has 0 spiro atoms. The topological polar surface area (TPSA) is 48.6 Å². The molecule has 1 N–H and O–H groups in total. The fourth-order valence-corrected chi connectivity index (χ4v) is 1.07. The molecule has 0 aliphatic heterocycles. The van der Waals surface area contributed by atoms with Crippen molar-refractivity contribution in [2.24, 2.45) is 0 Å². The molecule has 0 atom stereocenters. The van der Waals surface area contributed by atoms with Crippen molar-refractivity contribution in [3.8, 4) is 0 Å². The Kier molecular flexibility index (Phi) is 1.36. The molecule has 1 aromatic heterocycles. The highest BCUT2D eigenvalue weighted by molar-refractivity contribution is 5.78. The van der Waals surface area contributed by atoms with E-state index in [9.17, 15) is 5.11 Å². The van der Waals surface area contributed by atoms with Gasteiger partial charge in [-0.05, 0) is 11.6 Å². The average Bonchev–Trinajstić information content (AvgIpc) is 2.50. The second-order valence-electron chi connectivity index (χ2n) is 2.44. The molecule has 0 aliphatic rings. The Hall–Kier alpha value is -1.35. The summed E-state index contributed by atoms with van der Waals surface area (Å²) in [5, 5.41) is 18.2. The number of aromatic amines is 1. The summed E-state index contributed by atoms with van der Waals surface area (Å²) in [5.41, 5.74) is 1.72. The van der Waals surface area contributed by atoms with Crippen LogP contribution in [0.4, 0.5) is 0 Å². The van der Waals surface area contributed by atoms with Gasteiger partial charge in [-0.15, -0.1) is 0 Å². The van der Waals surface area contributed by atoms with Crippen LogP contribution < -0.4 is 0 Å². The number of H-pyrrole nitrogens is 1. The summed E-state index contributed by atoms with van der Waals surface area (Å²) >= 11 is 0. The minimum absolute atomic E-state index is 0.172. The van der Waals surface area contributed by atoms with E-state index in [1.165, 1.54) is 0 Å². The highest BCUT2D eigenvalue weighted by Crippen LogP contribution is 2.12. The molecule has 3 nitrogen and oxygen atoms in total. The van der Waals surface area contributed by atoms with Crippen molar-refractivity contribution in [2.75, 3.05) is 0 Å². The maximum absolute atomic E-state index is 10.5. The Morgan fingerprint density at radius 3 is 3.18 bits per heavy atom. The first-order chi connectivity index (χ1) is 5.40. The zero-order valence-electron chi connectivity index (χ0n) is 5.87. The van der Waals surface area contributed by atoms with Crippen molar-refractivity contribution in [2.45, 2.75) is 6.61 Å². The molecule has 0 amide bonds. The van der Waals surface area contributed by atoms with E-state index >= 15 is 0 Å². The summed E-state index contributed by atoms with van der Waals surface area (Å²) in [6.45, 7) is -0.172. The molecule has 1 aromatic carbocycles. The molecule has 1 radical (unpaired) electrons. The number of hydrogen-bond donors (Lipinski definition) is 1. The SMILES string of the molecule is [O]Cc1ccc2cn[nH]c2c1. The first-order valence-electron chi connectivity index (χ1n) is 3.40. The van der Waals surface area contributed by atoms with Crippen molar-refractivity contribution in [3.63, 3.8) is 0 Å². The third-order valence-electron chi connectivity index (χ3n) is 1.67. The predicted octanol–water partition coefficient (Wildman–Crippen LogP) is 1.49. The molecule has 55 valence electrons. The lowest BCUT2D eigenvalue weighted by Crippen LogP contribution is -1.79. The first-order valence-corrected chi connectivity index (χ1v) is 3.40. The molecule has 0 fully saturated rings. The molecular formula is C8H7N2O. The van der Waals surface area contributed by atoms with Gasteiger partial charge in [0, 0.05) is 5.39 Å². The Labute approximate surface area is 63.7 Å². The monoisotopic (exact) mass is 147 g/mol. The van der Waals surface area contributed by atoms with Gasteiger partial charge in [-0.3, -0.25) is 5.10 Å². The summed E-state index contributed by atoms with van der Waals surface area (Å²) < 4.78 is 0. The maximum atomic E-state index is 10.5. The Morgan fingerprint density at radius 2 is 2.36 bits per heavy atom. The molecule has 3 heteroatoms. The zero-order valence-corrected chi connectivity index (χ0v) is 5.87. The molecular weight excluding hydrogens is 140 g/mol. The van der Waals surface area contributed by atoms with Crippen LogP contribution in [0.3, 0.4) is 0 Å². The maximum Gasteiger partial charge on any atom is 0.107 e. The summed E-state index contributed by atoms with van der Waals surface area (Å²) in [5.74, 6) is 0. The summed E-state index contributed by atoms with van der Waals surface area (Å²) in [7, 11) is 0. The van der Waals surface area contributed by atoms with Crippen molar-refractivity contribution in [1.29, 1.82) is 0 Å². The van der Waals surface area contributed by atoms with Crippen LogP contribution in [0.15, 0.2) is 24.4 Å². The number of nitrogens with one attached hydrogen (secondary N) is 1. The van der Waals surface area contributed by atoms with Gasteiger partial charge in [-0.1, -0.05) is 12.1 Å². The molecule has 1 heterocycles. The van der Waals surface area contributed by atoms with Crippen molar-refractivity contribution in [3.05, 3.63) is 30.0 Å². The van der Waals surface area contributed by atoms with E-state index in [0.29, 0.717) is 0 Å². The standard InChI is InChI=1S/C8H7N2O/c11-5-6-1-2-7-4-9-10-8(7)3-6/h1-4H,5H2,(H,9,10). The molecule has 0 bridgehead atoms. The second-order valence-corrected chi connectivity index (χ2v) is 2.44. The van der Waals surface area contributed by atoms with Crippen LogP contribution >= 0.6 is 0 Å². The van der Waals surface area contributed by atoms with Gasteiger partial charge in [0.2, 0.25) is 0 Å². The quantitative estimate of drug-likeness (QED) is 0.652. The van der Waals surface area contributed by atoms with E-state index in [0.717, 1.165) is 16.5 Å². The molecule has 0 aliphatic carbocycles. The van der Waals surface area contributed by atoms with Crippen LogP contribution in [0.25, 0.3) is 10.9 Å². The zero-order chi connectivity index (χ0) is 7.68. The van der Waals surface area contributed by atoms with E-state index in [2.05, 4.69) is 10.2 Å². The minimum atomic E-state index is -0.172. The van der Waals surface area contributed by atoms with Crippen LogP contribution in [0.1, 0.15) is 5.56 Å². The van der Waals surface area contributed by atoms with E-state index in [1.54, 1.807) is 6.20 Å². The Morgan fingerprint density at radius 1 is 1.45 bits per heavy atom. The average molecular weight is 147 g/mol. The van der Waals surface area contributed by atoms with Crippen LogP contribution in [0.5, 0.6) is 0 Å². The molecule has 11 heavy (non-hydrogen) atoms.